The Morgan fingerprint density at radius 3 is 2.45 bits per heavy atom. The van der Waals surface area contributed by atoms with Crippen molar-refractivity contribution in [3.63, 3.8) is 0 Å². The van der Waals surface area contributed by atoms with E-state index in [2.05, 4.69) is 26.2 Å². The average Bonchev–Trinajstić information content (AvgIpc) is 2.06. The first-order valence-corrected chi connectivity index (χ1v) is 5.17. The molecule has 0 aromatic carbocycles. The van der Waals surface area contributed by atoms with Gasteiger partial charge in [-0.05, 0) is 0 Å². The molecule has 0 saturated heterocycles. The standard InChI is InChI=1S/C8H16N2Se/c1-9-8(11)10-7-5-3-2-4-6-7/h7H,2-6H2,1H3,(H2,9,10,11). The third-order valence-electron chi connectivity index (χ3n) is 2.17. The van der Waals surface area contributed by atoms with Crippen LogP contribution in [0.5, 0.6) is 0 Å². The van der Waals surface area contributed by atoms with Crippen molar-refractivity contribution in [1.82, 2.24) is 10.6 Å². The molecule has 11 heavy (non-hydrogen) atoms. The summed E-state index contributed by atoms with van der Waals surface area (Å²) in [7, 11) is 1.93. The van der Waals surface area contributed by atoms with Gasteiger partial charge in [0.25, 0.3) is 0 Å². The van der Waals surface area contributed by atoms with Crippen molar-refractivity contribution < 1.29 is 0 Å². The SMILES string of the molecule is CNC(=[Se])NC1CCCCC1. The molecule has 0 radical (unpaired) electrons. The van der Waals surface area contributed by atoms with Crippen LogP contribution in [0.25, 0.3) is 0 Å². The van der Waals surface area contributed by atoms with Gasteiger partial charge < -0.3 is 0 Å². The van der Waals surface area contributed by atoms with Crippen LogP contribution in [0.15, 0.2) is 0 Å². The van der Waals surface area contributed by atoms with Gasteiger partial charge in [-0.1, -0.05) is 0 Å². The molecule has 0 aromatic heterocycles. The molecule has 1 rings (SSSR count). The minimum absolute atomic E-state index is 0.701. The average molecular weight is 219 g/mol. The van der Waals surface area contributed by atoms with E-state index in [1.165, 1.54) is 32.1 Å². The molecule has 3 heteroatoms. The molecule has 0 heterocycles. The number of nitrogens with one attached hydrogen (secondary N) is 2. The zero-order valence-corrected chi connectivity index (χ0v) is 8.73. The molecule has 2 nitrogen and oxygen atoms in total. The molecule has 1 aliphatic rings. The van der Waals surface area contributed by atoms with Crippen molar-refractivity contribution in [2.45, 2.75) is 38.1 Å². The Bertz CT molecular complexity index is 130. The first-order chi connectivity index (χ1) is 5.33. The van der Waals surface area contributed by atoms with Gasteiger partial charge in [-0.2, -0.15) is 0 Å². The van der Waals surface area contributed by atoms with Crippen LogP contribution in [0.3, 0.4) is 0 Å². The van der Waals surface area contributed by atoms with Crippen LogP contribution >= 0.6 is 0 Å². The van der Waals surface area contributed by atoms with Gasteiger partial charge >= 0.3 is 76.1 Å². The summed E-state index contributed by atoms with van der Waals surface area (Å²) in [5.74, 6) is 0. The predicted molar refractivity (Wildman–Crippen MR) is 49.8 cm³/mol. The molecular weight excluding hydrogens is 203 g/mol. The van der Waals surface area contributed by atoms with E-state index >= 15 is 0 Å². The fourth-order valence-electron chi connectivity index (χ4n) is 1.50. The van der Waals surface area contributed by atoms with E-state index in [4.69, 9.17) is 0 Å². The van der Waals surface area contributed by atoms with Gasteiger partial charge in [-0.3, -0.25) is 0 Å². The first-order valence-electron chi connectivity index (χ1n) is 4.31. The quantitative estimate of drug-likeness (QED) is 0.671. The summed E-state index contributed by atoms with van der Waals surface area (Å²) in [6.07, 6.45) is 6.84. The Kier molecular flexibility index (Phi) is 3.95. The van der Waals surface area contributed by atoms with Gasteiger partial charge in [0, 0.05) is 0 Å². The maximum absolute atomic E-state index is 3.42. The van der Waals surface area contributed by atoms with E-state index in [9.17, 15) is 0 Å². The molecule has 0 aromatic rings. The van der Waals surface area contributed by atoms with Gasteiger partial charge in [0.2, 0.25) is 0 Å². The second kappa shape index (κ2) is 4.78. The molecular formula is C8H16N2Se. The Labute approximate surface area is 76.5 Å². The summed E-state index contributed by atoms with van der Waals surface area (Å²) in [6.45, 7) is 0. The Hall–Kier alpha value is -0.0105. The van der Waals surface area contributed by atoms with Gasteiger partial charge in [0.1, 0.15) is 0 Å². The number of hydrogen-bond acceptors (Lipinski definition) is 2. The predicted octanol–water partition coefficient (Wildman–Crippen LogP) is 0.384. The number of rotatable bonds is 3. The Morgan fingerprint density at radius 2 is 1.91 bits per heavy atom. The van der Waals surface area contributed by atoms with E-state index < -0.39 is 0 Å². The molecule has 64 valence electrons. The van der Waals surface area contributed by atoms with Gasteiger partial charge in [0.15, 0.2) is 0 Å². The fourth-order valence-corrected chi connectivity index (χ4v) is 1.85. The number of hydrogen-bond donors (Lipinski definition) is 2. The summed E-state index contributed by atoms with van der Waals surface area (Å²) >= 11 is 2.97. The maximum atomic E-state index is 3.42. The molecule has 0 spiro atoms. The summed E-state index contributed by atoms with van der Waals surface area (Å²) in [5.41, 5.74) is 0. The summed E-state index contributed by atoms with van der Waals surface area (Å²) in [4.78, 5) is 0. The monoisotopic (exact) mass is 220 g/mol. The van der Waals surface area contributed by atoms with Gasteiger partial charge in [-0.15, -0.1) is 0 Å². The molecule has 0 aliphatic heterocycles. The normalized spacial score (nSPS) is 19.4. The van der Waals surface area contributed by atoms with Crippen LogP contribution in [0.2, 0.25) is 0 Å². The topological polar surface area (TPSA) is 24.1 Å². The second-order valence-electron chi connectivity index (χ2n) is 3.06. The molecule has 1 fully saturated rings. The van der Waals surface area contributed by atoms with Crippen molar-refractivity contribution in [2.75, 3.05) is 7.05 Å². The van der Waals surface area contributed by atoms with E-state index in [-0.39, 0.29) is 0 Å². The van der Waals surface area contributed by atoms with Crippen LogP contribution < -0.4 is 10.6 Å². The summed E-state index contributed by atoms with van der Waals surface area (Å²) in [5, 5.41) is 6.48. The molecule has 0 amide bonds. The van der Waals surface area contributed by atoms with Crippen molar-refractivity contribution in [2.24, 2.45) is 0 Å². The third-order valence-corrected chi connectivity index (χ3v) is 2.84. The van der Waals surface area contributed by atoms with E-state index in [1.54, 1.807) is 0 Å². The molecule has 0 atom stereocenters. The second-order valence-corrected chi connectivity index (χ2v) is 3.91. The van der Waals surface area contributed by atoms with E-state index in [0.29, 0.717) is 6.04 Å². The fraction of sp³-hybridized carbons (Fsp3) is 0.875. The van der Waals surface area contributed by atoms with E-state index in [0.717, 1.165) is 4.67 Å². The molecule has 1 aliphatic carbocycles. The van der Waals surface area contributed by atoms with Gasteiger partial charge in [-0.25, -0.2) is 0 Å². The molecule has 0 bridgehead atoms. The minimum atomic E-state index is 0.701. The Morgan fingerprint density at radius 1 is 1.27 bits per heavy atom. The zero-order chi connectivity index (χ0) is 8.10. The Balaban J connectivity index is 2.19. The summed E-state index contributed by atoms with van der Waals surface area (Å²) < 4.78 is 1.08. The molecule has 1 saturated carbocycles. The van der Waals surface area contributed by atoms with Crippen LogP contribution in [-0.2, 0) is 0 Å². The van der Waals surface area contributed by atoms with Crippen LogP contribution in [0.1, 0.15) is 32.1 Å². The zero-order valence-electron chi connectivity index (χ0n) is 7.02. The third kappa shape index (κ3) is 3.26. The van der Waals surface area contributed by atoms with Crippen molar-refractivity contribution >= 4 is 20.2 Å². The first kappa shape index (κ1) is 9.08. The molecule has 0 unspecified atom stereocenters. The summed E-state index contributed by atoms with van der Waals surface area (Å²) in [6, 6.07) is 0.701. The van der Waals surface area contributed by atoms with Crippen LogP contribution in [0.4, 0.5) is 0 Å². The van der Waals surface area contributed by atoms with Crippen LogP contribution in [0, 0.1) is 0 Å². The molecule has 2 N–H and O–H groups in total. The van der Waals surface area contributed by atoms with Crippen LogP contribution in [-0.4, -0.2) is 33.3 Å². The van der Waals surface area contributed by atoms with Gasteiger partial charge in [0.05, 0.1) is 0 Å². The van der Waals surface area contributed by atoms with Crippen molar-refractivity contribution in [3.05, 3.63) is 0 Å². The van der Waals surface area contributed by atoms with Crippen molar-refractivity contribution in [1.29, 1.82) is 0 Å². The van der Waals surface area contributed by atoms with Crippen molar-refractivity contribution in [3.8, 4) is 0 Å². The van der Waals surface area contributed by atoms with E-state index in [1.807, 2.05) is 7.05 Å².